The van der Waals surface area contributed by atoms with E-state index in [1.54, 1.807) is 18.2 Å². The molecule has 1 fully saturated rings. The van der Waals surface area contributed by atoms with Crippen LogP contribution in [0.3, 0.4) is 0 Å². The van der Waals surface area contributed by atoms with Crippen LogP contribution in [0.5, 0.6) is 11.5 Å². The van der Waals surface area contributed by atoms with Crippen LogP contribution < -0.4 is 15.0 Å². The molecular weight excluding hydrogens is 428 g/mol. The first kappa shape index (κ1) is 19.6. The number of halogens is 1. The number of benzene rings is 2. The predicted molar refractivity (Wildman–Crippen MR) is 107 cm³/mol. The van der Waals surface area contributed by atoms with Crippen LogP contribution in [0.4, 0.5) is 10.5 Å². The van der Waals surface area contributed by atoms with E-state index < -0.39 is 17.8 Å². The van der Waals surface area contributed by atoms with Gasteiger partial charge in [0.05, 0.1) is 12.8 Å². The number of ether oxygens (including phenoxy) is 1. The second-order valence-corrected chi connectivity index (χ2v) is 7.13. The highest BCUT2D eigenvalue weighted by molar-refractivity contribution is 9.10. The number of aryl methyl sites for hydroxylation is 2. The minimum Gasteiger partial charge on any atom is -0.504 e. The Kier molecular flexibility index (Phi) is 5.24. The van der Waals surface area contributed by atoms with E-state index in [9.17, 15) is 19.5 Å². The van der Waals surface area contributed by atoms with E-state index in [0.29, 0.717) is 15.7 Å². The van der Waals surface area contributed by atoms with Gasteiger partial charge in [0.15, 0.2) is 11.5 Å². The lowest BCUT2D eigenvalue weighted by Gasteiger charge is -2.27. The number of phenolic OH excluding ortho intramolecular Hbond substituents is 1. The third-order valence-corrected chi connectivity index (χ3v) is 5.14. The maximum atomic E-state index is 13.0. The number of aromatic hydroxyl groups is 1. The second-order valence-electron chi connectivity index (χ2n) is 6.27. The Morgan fingerprint density at radius 3 is 2.46 bits per heavy atom. The van der Waals surface area contributed by atoms with Crippen molar-refractivity contribution < 1.29 is 24.2 Å². The Bertz CT molecular complexity index is 1050. The molecule has 0 radical (unpaired) electrons. The zero-order chi connectivity index (χ0) is 20.6. The third-order valence-electron chi connectivity index (χ3n) is 4.45. The molecule has 8 heteroatoms. The highest BCUT2D eigenvalue weighted by Gasteiger charge is 2.37. The zero-order valence-corrected chi connectivity index (χ0v) is 17.0. The van der Waals surface area contributed by atoms with Crippen LogP contribution in [0.1, 0.15) is 16.7 Å². The van der Waals surface area contributed by atoms with Crippen molar-refractivity contribution in [1.29, 1.82) is 0 Å². The molecule has 0 bridgehead atoms. The third kappa shape index (κ3) is 3.50. The first-order valence-corrected chi connectivity index (χ1v) is 9.07. The molecule has 1 saturated heterocycles. The number of phenols is 1. The fourth-order valence-electron chi connectivity index (χ4n) is 2.74. The summed E-state index contributed by atoms with van der Waals surface area (Å²) in [5.41, 5.74) is 2.51. The molecule has 1 aliphatic heterocycles. The number of anilines is 1. The summed E-state index contributed by atoms with van der Waals surface area (Å²) < 4.78 is 5.52. The van der Waals surface area contributed by atoms with Crippen LogP contribution in [0.25, 0.3) is 6.08 Å². The van der Waals surface area contributed by atoms with E-state index >= 15 is 0 Å². The Morgan fingerprint density at radius 2 is 1.82 bits per heavy atom. The highest BCUT2D eigenvalue weighted by Crippen LogP contribution is 2.34. The zero-order valence-electron chi connectivity index (χ0n) is 15.4. The fourth-order valence-corrected chi connectivity index (χ4v) is 3.19. The molecule has 4 amide bonds. The number of carbonyl (C=O) groups excluding carboxylic acids is 3. The maximum absolute atomic E-state index is 13.0. The number of hydrogen-bond acceptors (Lipinski definition) is 5. The molecule has 0 unspecified atom stereocenters. The van der Waals surface area contributed by atoms with Gasteiger partial charge in [0.1, 0.15) is 5.57 Å². The number of hydrogen-bond donors (Lipinski definition) is 2. The number of amides is 4. The molecule has 2 aromatic rings. The molecule has 0 spiro atoms. The van der Waals surface area contributed by atoms with Gasteiger partial charge in [0.2, 0.25) is 0 Å². The molecule has 28 heavy (non-hydrogen) atoms. The van der Waals surface area contributed by atoms with E-state index in [4.69, 9.17) is 4.74 Å². The molecule has 7 nitrogen and oxygen atoms in total. The number of barbiturate groups is 1. The van der Waals surface area contributed by atoms with Gasteiger partial charge in [-0.2, -0.15) is 0 Å². The summed E-state index contributed by atoms with van der Waals surface area (Å²) in [4.78, 5) is 38.5. The summed E-state index contributed by atoms with van der Waals surface area (Å²) in [5, 5.41) is 12.0. The molecule has 0 saturated carbocycles. The molecule has 0 aromatic heterocycles. The Morgan fingerprint density at radius 1 is 1.11 bits per heavy atom. The lowest BCUT2D eigenvalue weighted by atomic mass is 10.0. The average Bonchev–Trinajstić information content (AvgIpc) is 2.63. The predicted octanol–water partition coefficient (Wildman–Crippen LogP) is 3.45. The summed E-state index contributed by atoms with van der Waals surface area (Å²) in [5.74, 6) is -1.45. The van der Waals surface area contributed by atoms with Gasteiger partial charge in [-0.1, -0.05) is 22.0 Å². The quantitative estimate of drug-likeness (QED) is 0.558. The monoisotopic (exact) mass is 444 g/mol. The van der Waals surface area contributed by atoms with Gasteiger partial charge in [-0.3, -0.25) is 14.9 Å². The highest BCUT2D eigenvalue weighted by atomic mass is 79.9. The number of rotatable bonds is 3. The van der Waals surface area contributed by atoms with Crippen molar-refractivity contribution in [3.05, 3.63) is 57.1 Å². The Hall–Kier alpha value is -3.13. The van der Waals surface area contributed by atoms with Crippen molar-refractivity contribution in [3.8, 4) is 11.5 Å². The molecule has 0 aliphatic carbocycles. The van der Waals surface area contributed by atoms with Gasteiger partial charge in [-0.25, -0.2) is 9.69 Å². The molecule has 0 atom stereocenters. The van der Waals surface area contributed by atoms with E-state index in [2.05, 4.69) is 21.2 Å². The van der Waals surface area contributed by atoms with Gasteiger partial charge < -0.3 is 9.84 Å². The van der Waals surface area contributed by atoms with Gasteiger partial charge in [0.25, 0.3) is 11.8 Å². The number of carbonyl (C=O) groups is 3. The first-order chi connectivity index (χ1) is 13.2. The van der Waals surface area contributed by atoms with Gasteiger partial charge >= 0.3 is 6.03 Å². The Labute approximate surface area is 169 Å². The number of urea groups is 1. The van der Waals surface area contributed by atoms with E-state index in [-0.39, 0.29) is 17.1 Å². The topological polar surface area (TPSA) is 95.9 Å². The van der Waals surface area contributed by atoms with Crippen LogP contribution in [-0.4, -0.2) is 30.1 Å². The van der Waals surface area contributed by atoms with Crippen molar-refractivity contribution in [2.24, 2.45) is 0 Å². The van der Waals surface area contributed by atoms with E-state index in [0.717, 1.165) is 16.0 Å². The molecule has 2 aromatic carbocycles. The fraction of sp³-hybridized carbons (Fsp3) is 0.150. The maximum Gasteiger partial charge on any atom is 0.335 e. The van der Waals surface area contributed by atoms with Crippen molar-refractivity contribution in [1.82, 2.24) is 5.32 Å². The molecule has 3 rings (SSSR count). The van der Waals surface area contributed by atoms with Crippen LogP contribution in [0, 0.1) is 13.8 Å². The number of nitrogens with one attached hydrogen (secondary N) is 1. The molecule has 2 N–H and O–H groups in total. The molecular formula is C20H17BrN2O5. The lowest BCUT2D eigenvalue weighted by molar-refractivity contribution is -0.122. The van der Waals surface area contributed by atoms with Crippen LogP contribution >= 0.6 is 15.9 Å². The van der Waals surface area contributed by atoms with Gasteiger partial charge in [0, 0.05) is 4.47 Å². The van der Waals surface area contributed by atoms with Gasteiger partial charge in [-0.05, 0) is 60.9 Å². The van der Waals surface area contributed by atoms with Crippen molar-refractivity contribution in [3.63, 3.8) is 0 Å². The summed E-state index contributed by atoms with van der Waals surface area (Å²) >= 11 is 3.28. The van der Waals surface area contributed by atoms with E-state index in [1.807, 2.05) is 13.8 Å². The summed E-state index contributed by atoms with van der Waals surface area (Å²) in [6.07, 6.45) is 1.34. The lowest BCUT2D eigenvalue weighted by Crippen LogP contribution is -2.54. The molecule has 144 valence electrons. The second kappa shape index (κ2) is 7.47. The summed E-state index contributed by atoms with van der Waals surface area (Å²) in [7, 11) is 1.39. The van der Waals surface area contributed by atoms with E-state index in [1.165, 1.54) is 25.3 Å². The molecule has 1 heterocycles. The summed E-state index contributed by atoms with van der Waals surface area (Å²) in [6.45, 7) is 3.79. The number of methoxy groups -OCH3 is 1. The minimum atomic E-state index is -0.808. The van der Waals surface area contributed by atoms with Crippen LogP contribution in [0.2, 0.25) is 0 Å². The van der Waals surface area contributed by atoms with Crippen molar-refractivity contribution in [2.75, 3.05) is 12.0 Å². The van der Waals surface area contributed by atoms with Crippen molar-refractivity contribution in [2.45, 2.75) is 13.8 Å². The number of imide groups is 2. The average molecular weight is 445 g/mol. The normalized spacial score (nSPS) is 15.8. The van der Waals surface area contributed by atoms with Crippen LogP contribution in [-0.2, 0) is 9.59 Å². The standard InChI is InChI=1S/C20H17BrN2O5/c1-10-4-5-13(6-11(10)2)23-19(26)14(18(25)22-20(23)27)7-12-8-17(28-3)16(24)9-15(12)21/h4-9,24H,1-3H3,(H,22,25,27). The minimum absolute atomic E-state index is 0.0946. The van der Waals surface area contributed by atoms with Crippen LogP contribution in [0.15, 0.2) is 40.4 Å². The smallest absolute Gasteiger partial charge is 0.335 e. The SMILES string of the molecule is COc1cc(C=C2C(=O)NC(=O)N(c3ccc(C)c(C)c3)C2=O)c(Br)cc1O. The summed E-state index contributed by atoms with van der Waals surface area (Å²) in [6, 6.07) is 7.21. The largest absolute Gasteiger partial charge is 0.504 e. The first-order valence-electron chi connectivity index (χ1n) is 8.28. The Balaban J connectivity index is 2.07. The van der Waals surface area contributed by atoms with Gasteiger partial charge in [-0.15, -0.1) is 0 Å². The van der Waals surface area contributed by atoms with Crippen molar-refractivity contribution >= 4 is 45.5 Å². The molecule has 1 aliphatic rings. The number of nitrogens with zero attached hydrogens (tertiary/aromatic N) is 1.